The Kier molecular flexibility index (Phi) is 7.83. The van der Waals surface area contributed by atoms with Gasteiger partial charge in [0.2, 0.25) is 0 Å². The monoisotopic (exact) mass is 354 g/mol. The third kappa shape index (κ3) is 6.57. The molecule has 0 fully saturated rings. The predicted molar refractivity (Wildman–Crippen MR) is 94.1 cm³/mol. The van der Waals surface area contributed by atoms with Crippen molar-refractivity contribution in [2.45, 2.75) is 49.2 Å². The Balaban J connectivity index is 2.55. The molecule has 1 rings (SSSR count). The molecule has 0 amide bonds. The van der Waals surface area contributed by atoms with Crippen molar-refractivity contribution in [1.82, 2.24) is 0 Å². The van der Waals surface area contributed by atoms with Gasteiger partial charge in [0.15, 0.2) is 0 Å². The SMILES string of the molecule is C=CCC(O)(CC=C)CC[C@H](O)COS(=O)(=O)c1ccc(C)cc1. The van der Waals surface area contributed by atoms with Crippen LogP contribution in [0.4, 0.5) is 0 Å². The molecule has 0 saturated heterocycles. The lowest BCUT2D eigenvalue weighted by Gasteiger charge is -2.26. The molecule has 134 valence electrons. The van der Waals surface area contributed by atoms with Crippen LogP contribution in [0.3, 0.4) is 0 Å². The smallest absolute Gasteiger partial charge is 0.297 e. The molecule has 0 bridgehead atoms. The van der Waals surface area contributed by atoms with E-state index in [2.05, 4.69) is 13.2 Å². The van der Waals surface area contributed by atoms with Crippen molar-refractivity contribution in [3.05, 3.63) is 55.1 Å². The molecule has 0 aliphatic carbocycles. The second-order valence-electron chi connectivity index (χ2n) is 5.95. The van der Waals surface area contributed by atoms with E-state index in [1.165, 1.54) is 12.1 Å². The minimum Gasteiger partial charge on any atom is -0.391 e. The zero-order valence-electron chi connectivity index (χ0n) is 14.0. The highest BCUT2D eigenvalue weighted by atomic mass is 32.2. The molecular weight excluding hydrogens is 328 g/mol. The molecule has 0 aliphatic rings. The normalized spacial score (nSPS) is 13.5. The summed E-state index contributed by atoms with van der Waals surface area (Å²) in [7, 11) is -3.90. The van der Waals surface area contributed by atoms with E-state index in [-0.39, 0.29) is 17.9 Å². The first-order valence-corrected chi connectivity index (χ1v) is 9.21. The van der Waals surface area contributed by atoms with Crippen LogP contribution in [0, 0.1) is 6.92 Å². The zero-order chi connectivity index (χ0) is 18.2. The van der Waals surface area contributed by atoms with Gasteiger partial charge in [-0.25, -0.2) is 0 Å². The van der Waals surface area contributed by atoms with Crippen molar-refractivity contribution in [3.63, 3.8) is 0 Å². The average Bonchev–Trinajstić information content (AvgIpc) is 2.52. The molecule has 0 saturated carbocycles. The van der Waals surface area contributed by atoms with E-state index in [1.807, 2.05) is 6.92 Å². The summed E-state index contributed by atoms with van der Waals surface area (Å²) in [5.41, 5.74) is -0.0851. The van der Waals surface area contributed by atoms with Crippen LogP contribution < -0.4 is 0 Å². The predicted octanol–water partition coefficient (Wildman–Crippen LogP) is 2.72. The van der Waals surface area contributed by atoms with E-state index in [4.69, 9.17) is 4.18 Å². The summed E-state index contributed by atoms with van der Waals surface area (Å²) in [6.45, 7) is 8.71. The van der Waals surface area contributed by atoms with Crippen molar-refractivity contribution >= 4 is 10.1 Å². The molecule has 0 aromatic heterocycles. The number of rotatable bonds is 11. The lowest BCUT2D eigenvalue weighted by molar-refractivity contribution is 0.0137. The van der Waals surface area contributed by atoms with E-state index in [0.29, 0.717) is 19.3 Å². The standard InChI is InChI=1S/C18H26O5S/c1-4-11-18(20,12-5-2)13-10-16(19)14-23-24(21,22)17-8-6-15(3)7-9-17/h4-9,16,19-20H,1-2,10-14H2,3H3/t16-/m0/s1. The van der Waals surface area contributed by atoms with E-state index >= 15 is 0 Å². The number of hydrogen-bond acceptors (Lipinski definition) is 5. The number of aliphatic hydroxyl groups is 2. The van der Waals surface area contributed by atoms with Gasteiger partial charge in [0.1, 0.15) is 0 Å². The van der Waals surface area contributed by atoms with Gasteiger partial charge < -0.3 is 10.2 Å². The summed E-state index contributed by atoms with van der Waals surface area (Å²) in [6, 6.07) is 6.28. The first-order chi connectivity index (χ1) is 11.2. The number of hydrogen-bond donors (Lipinski definition) is 2. The number of benzene rings is 1. The van der Waals surface area contributed by atoms with E-state index in [9.17, 15) is 18.6 Å². The van der Waals surface area contributed by atoms with Gasteiger partial charge in [-0.15, -0.1) is 13.2 Å². The second kappa shape index (κ2) is 9.13. The lowest BCUT2D eigenvalue weighted by Crippen LogP contribution is -2.30. The quantitative estimate of drug-likeness (QED) is 0.471. The van der Waals surface area contributed by atoms with Gasteiger partial charge >= 0.3 is 0 Å². The van der Waals surface area contributed by atoms with Crippen LogP contribution in [-0.4, -0.2) is 36.9 Å². The van der Waals surface area contributed by atoms with Gasteiger partial charge in [-0.2, -0.15) is 8.42 Å². The Bertz CT molecular complexity index is 624. The molecule has 0 aliphatic heterocycles. The second-order valence-corrected chi connectivity index (χ2v) is 7.57. The van der Waals surface area contributed by atoms with E-state index in [0.717, 1.165) is 5.56 Å². The Morgan fingerprint density at radius 2 is 1.75 bits per heavy atom. The van der Waals surface area contributed by atoms with Gasteiger partial charge in [-0.05, 0) is 44.7 Å². The summed E-state index contributed by atoms with van der Waals surface area (Å²) in [5, 5.41) is 20.3. The molecular formula is C18H26O5S. The molecule has 2 N–H and O–H groups in total. The summed E-state index contributed by atoms with van der Waals surface area (Å²) < 4.78 is 29.0. The van der Waals surface area contributed by atoms with E-state index < -0.39 is 21.8 Å². The summed E-state index contributed by atoms with van der Waals surface area (Å²) in [5.74, 6) is 0. The maximum absolute atomic E-state index is 12.0. The first-order valence-electron chi connectivity index (χ1n) is 7.81. The minimum absolute atomic E-state index is 0.0510. The van der Waals surface area contributed by atoms with Crippen molar-refractivity contribution in [2.75, 3.05) is 6.61 Å². The maximum atomic E-state index is 12.0. The fourth-order valence-corrected chi connectivity index (χ4v) is 3.23. The van der Waals surface area contributed by atoms with Crippen LogP contribution in [0.2, 0.25) is 0 Å². The molecule has 0 spiro atoms. The maximum Gasteiger partial charge on any atom is 0.297 e. The van der Waals surface area contributed by atoms with Crippen LogP contribution in [0.1, 0.15) is 31.2 Å². The third-order valence-corrected chi connectivity index (χ3v) is 5.01. The molecule has 0 heterocycles. The van der Waals surface area contributed by atoms with Crippen LogP contribution in [-0.2, 0) is 14.3 Å². The Morgan fingerprint density at radius 3 is 2.25 bits per heavy atom. The zero-order valence-corrected chi connectivity index (χ0v) is 14.8. The largest absolute Gasteiger partial charge is 0.391 e. The highest BCUT2D eigenvalue weighted by molar-refractivity contribution is 7.86. The molecule has 1 aromatic carbocycles. The summed E-state index contributed by atoms with van der Waals surface area (Å²) in [4.78, 5) is 0.0510. The van der Waals surface area contributed by atoms with Gasteiger partial charge in [-0.3, -0.25) is 4.18 Å². The third-order valence-electron chi connectivity index (χ3n) is 3.72. The van der Waals surface area contributed by atoms with Gasteiger partial charge in [0.05, 0.1) is 23.2 Å². The molecule has 1 atom stereocenters. The number of aryl methyl sites for hydroxylation is 1. The Labute approximate surface area is 144 Å². The van der Waals surface area contributed by atoms with Gasteiger partial charge in [0, 0.05) is 0 Å². The molecule has 24 heavy (non-hydrogen) atoms. The molecule has 5 nitrogen and oxygen atoms in total. The molecule has 0 radical (unpaired) electrons. The lowest BCUT2D eigenvalue weighted by atomic mass is 9.89. The topological polar surface area (TPSA) is 83.8 Å². The average molecular weight is 354 g/mol. The van der Waals surface area contributed by atoms with Crippen molar-refractivity contribution in [1.29, 1.82) is 0 Å². The fourth-order valence-electron chi connectivity index (χ4n) is 2.28. The van der Waals surface area contributed by atoms with Crippen LogP contribution in [0.25, 0.3) is 0 Å². The molecule has 6 heteroatoms. The van der Waals surface area contributed by atoms with Crippen molar-refractivity contribution in [3.8, 4) is 0 Å². The number of aliphatic hydroxyl groups excluding tert-OH is 1. The van der Waals surface area contributed by atoms with Gasteiger partial charge in [0.25, 0.3) is 10.1 Å². The van der Waals surface area contributed by atoms with Crippen molar-refractivity contribution < 1.29 is 22.8 Å². The summed E-state index contributed by atoms with van der Waals surface area (Å²) >= 11 is 0. The van der Waals surface area contributed by atoms with Crippen molar-refractivity contribution in [2.24, 2.45) is 0 Å². The highest BCUT2D eigenvalue weighted by Gasteiger charge is 2.25. The molecule has 1 aromatic rings. The molecule has 0 unspecified atom stereocenters. The Hall–Kier alpha value is -1.47. The van der Waals surface area contributed by atoms with Gasteiger partial charge in [-0.1, -0.05) is 29.8 Å². The highest BCUT2D eigenvalue weighted by Crippen LogP contribution is 2.24. The summed E-state index contributed by atoms with van der Waals surface area (Å²) in [6.07, 6.45) is 3.46. The van der Waals surface area contributed by atoms with Crippen LogP contribution in [0.15, 0.2) is 54.5 Å². The fraction of sp³-hybridized carbons (Fsp3) is 0.444. The first kappa shape index (κ1) is 20.6. The van der Waals surface area contributed by atoms with E-state index in [1.54, 1.807) is 24.3 Å². The van der Waals surface area contributed by atoms with Crippen LogP contribution >= 0.6 is 0 Å². The van der Waals surface area contributed by atoms with Crippen LogP contribution in [0.5, 0.6) is 0 Å². The Morgan fingerprint density at radius 1 is 1.21 bits per heavy atom. The minimum atomic E-state index is -3.90.